The van der Waals surface area contributed by atoms with Crippen LogP contribution in [0.15, 0.2) is 48.8 Å². The molecule has 148 valence electrons. The summed E-state index contributed by atoms with van der Waals surface area (Å²) in [4.78, 5) is 4.89. The summed E-state index contributed by atoms with van der Waals surface area (Å²) in [6.45, 7) is 9.04. The van der Waals surface area contributed by atoms with Crippen LogP contribution in [0.25, 0.3) is 49.1 Å². The van der Waals surface area contributed by atoms with Crippen molar-refractivity contribution in [2.24, 2.45) is 13.0 Å². The highest BCUT2D eigenvalue weighted by atomic mass is 15.0. The molecule has 6 aromatic rings. The van der Waals surface area contributed by atoms with Crippen molar-refractivity contribution in [2.75, 3.05) is 0 Å². The summed E-state index contributed by atoms with van der Waals surface area (Å²) in [5.41, 5.74) is 10.2. The number of benzene rings is 3. The van der Waals surface area contributed by atoms with Gasteiger partial charge in [-0.1, -0.05) is 38.1 Å². The van der Waals surface area contributed by atoms with Crippen molar-refractivity contribution in [3.63, 3.8) is 0 Å². The lowest BCUT2D eigenvalue weighted by Gasteiger charge is -2.15. The Bertz CT molecular complexity index is 1620. The van der Waals surface area contributed by atoms with Crippen LogP contribution in [-0.4, -0.2) is 9.38 Å². The first-order chi connectivity index (χ1) is 14.5. The highest BCUT2D eigenvalue weighted by Crippen LogP contribution is 2.40. The van der Waals surface area contributed by atoms with E-state index in [1.165, 1.54) is 60.3 Å². The van der Waals surface area contributed by atoms with Gasteiger partial charge in [0.1, 0.15) is 5.52 Å². The first-order valence-corrected chi connectivity index (χ1v) is 10.8. The fourth-order valence-electron chi connectivity index (χ4n) is 5.34. The zero-order valence-corrected chi connectivity index (χ0v) is 18.2. The standard InChI is InChI=1S/C27H26N3/c1-15(2)11-18-9-10-20-22(13-18)30-21-8-6-7-19-12-16(3)17(4)23(24(19)21)26-27(30)25(20)28-14-29(26)5/h6-10,12-15H,11H2,1-5H3/q+1. The third-order valence-corrected chi connectivity index (χ3v) is 6.73. The van der Waals surface area contributed by atoms with E-state index in [1.807, 2.05) is 6.33 Å². The molecule has 0 aliphatic carbocycles. The molecule has 0 bridgehead atoms. The van der Waals surface area contributed by atoms with Crippen LogP contribution in [0.1, 0.15) is 30.5 Å². The number of rotatable bonds is 2. The van der Waals surface area contributed by atoms with Crippen molar-refractivity contribution < 1.29 is 4.57 Å². The van der Waals surface area contributed by atoms with Crippen LogP contribution >= 0.6 is 0 Å². The summed E-state index contributed by atoms with van der Waals surface area (Å²) in [5.74, 6) is 0.634. The van der Waals surface area contributed by atoms with Crippen LogP contribution in [0.3, 0.4) is 0 Å². The van der Waals surface area contributed by atoms with Gasteiger partial charge in [0.25, 0.3) is 6.33 Å². The van der Waals surface area contributed by atoms with Crippen molar-refractivity contribution in [1.29, 1.82) is 0 Å². The predicted molar refractivity (Wildman–Crippen MR) is 126 cm³/mol. The van der Waals surface area contributed by atoms with Gasteiger partial charge in [0.05, 0.1) is 23.5 Å². The van der Waals surface area contributed by atoms with Crippen molar-refractivity contribution in [1.82, 2.24) is 9.38 Å². The lowest BCUT2D eigenvalue weighted by molar-refractivity contribution is -0.647. The third kappa shape index (κ3) is 2.15. The summed E-state index contributed by atoms with van der Waals surface area (Å²) < 4.78 is 4.66. The Balaban J connectivity index is 1.97. The van der Waals surface area contributed by atoms with Crippen LogP contribution in [0, 0.1) is 19.8 Å². The molecule has 0 amide bonds. The lowest BCUT2D eigenvalue weighted by atomic mass is 9.95. The van der Waals surface area contributed by atoms with Crippen LogP contribution in [-0.2, 0) is 13.5 Å². The number of pyridine rings is 1. The van der Waals surface area contributed by atoms with Gasteiger partial charge >= 0.3 is 0 Å². The molecule has 0 aliphatic rings. The van der Waals surface area contributed by atoms with E-state index < -0.39 is 0 Å². The highest BCUT2D eigenvalue weighted by molar-refractivity contribution is 6.25. The molecule has 3 aromatic carbocycles. The van der Waals surface area contributed by atoms with Gasteiger partial charge in [-0.3, -0.25) is 0 Å². The summed E-state index contributed by atoms with van der Waals surface area (Å²) in [6, 6.07) is 16.0. The van der Waals surface area contributed by atoms with Crippen LogP contribution in [0.4, 0.5) is 0 Å². The van der Waals surface area contributed by atoms with E-state index >= 15 is 0 Å². The molecule has 3 heterocycles. The van der Waals surface area contributed by atoms with E-state index in [4.69, 9.17) is 4.98 Å². The molecule has 0 saturated heterocycles. The second kappa shape index (κ2) is 5.91. The summed E-state index contributed by atoms with van der Waals surface area (Å²) >= 11 is 0. The van der Waals surface area contributed by atoms with E-state index in [0.29, 0.717) is 5.92 Å². The second-order valence-corrected chi connectivity index (χ2v) is 9.25. The molecule has 0 spiro atoms. The normalized spacial score (nSPS) is 12.6. The van der Waals surface area contributed by atoms with Crippen LogP contribution in [0.5, 0.6) is 0 Å². The topological polar surface area (TPSA) is 21.2 Å². The number of fused-ring (bicyclic) bond motifs is 5. The number of hydrogen-bond donors (Lipinski definition) is 0. The molecule has 6 rings (SSSR count). The molecule has 0 saturated carbocycles. The minimum Gasteiger partial charge on any atom is -0.302 e. The average molecular weight is 393 g/mol. The smallest absolute Gasteiger partial charge is 0.287 e. The Kier molecular flexibility index (Phi) is 3.48. The Morgan fingerprint density at radius 3 is 2.63 bits per heavy atom. The fraction of sp³-hybridized carbons (Fsp3) is 0.259. The number of aryl methyl sites for hydroxylation is 3. The van der Waals surface area contributed by atoms with Crippen molar-refractivity contribution in [3.8, 4) is 0 Å². The maximum Gasteiger partial charge on any atom is 0.287 e. The molecule has 30 heavy (non-hydrogen) atoms. The SMILES string of the molecule is Cc1cc2cccc3c2c(c1C)c1c2c(nc[n+]1C)c1ccc(CC(C)C)cc1n32. The van der Waals surface area contributed by atoms with Crippen molar-refractivity contribution in [3.05, 3.63) is 65.5 Å². The molecule has 3 nitrogen and oxygen atoms in total. The molecular formula is C27H26N3+. The van der Waals surface area contributed by atoms with Gasteiger partial charge in [-0.15, -0.1) is 0 Å². The van der Waals surface area contributed by atoms with Crippen molar-refractivity contribution >= 4 is 49.1 Å². The Morgan fingerprint density at radius 2 is 1.83 bits per heavy atom. The lowest BCUT2D eigenvalue weighted by Crippen LogP contribution is -2.30. The number of hydrogen-bond acceptors (Lipinski definition) is 1. The zero-order valence-electron chi connectivity index (χ0n) is 18.2. The van der Waals surface area contributed by atoms with Gasteiger partial charge in [0.2, 0.25) is 5.52 Å². The molecule has 0 fully saturated rings. The molecule has 0 atom stereocenters. The fourth-order valence-corrected chi connectivity index (χ4v) is 5.34. The number of nitrogens with zero attached hydrogens (tertiary/aromatic N) is 3. The molecule has 0 N–H and O–H groups in total. The molecule has 3 heteroatoms. The quantitative estimate of drug-likeness (QED) is 0.200. The zero-order chi connectivity index (χ0) is 20.7. The van der Waals surface area contributed by atoms with Gasteiger partial charge in [0.15, 0.2) is 5.52 Å². The van der Waals surface area contributed by atoms with Gasteiger partial charge < -0.3 is 4.40 Å². The van der Waals surface area contributed by atoms with Gasteiger partial charge in [-0.05, 0) is 71.4 Å². The minimum absolute atomic E-state index is 0.634. The maximum absolute atomic E-state index is 4.89. The molecule has 0 unspecified atom stereocenters. The Morgan fingerprint density at radius 1 is 1.00 bits per heavy atom. The monoisotopic (exact) mass is 392 g/mol. The highest BCUT2D eigenvalue weighted by Gasteiger charge is 2.25. The van der Waals surface area contributed by atoms with E-state index in [-0.39, 0.29) is 0 Å². The maximum atomic E-state index is 4.89. The predicted octanol–water partition coefficient (Wildman–Crippen LogP) is 6.02. The second-order valence-electron chi connectivity index (χ2n) is 9.25. The Labute approximate surface area is 175 Å². The molecular weight excluding hydrogens is 366 g/mol. The van der Waals surface area contributed by atoms with E-state index in [9.17, 15) is 0 Å². The summed E-state index contributed by atoms with van der Waals surface area (Å²) in [7, 11) is 2.12. The average Bonchev–Trinajstić information content (AvgIpc) is 3.03. The van der Waals surface area contributed by atoms with Gasteiger partial charge in [0, 0.05) is 10.8 Å². The first kappa shape index (κ1) is 17.6. The minimum atomic E-state index is 0.634. The van der Waals surface area contributed by atoms with Crippen molar-refractivity contribution in [2.45, 2.75) is 34.1 Å². The summed E-state index contributed by atoms with van der Waals surface area (Å²) in [5, 5.41) is 5.25. The van der Waals surface area contributed by atoms with Crippen LogP contribution in [0.2, 0.25) is 0 Å². The third-order valence-electron chi connectivity index (χ3n) is 6.73. The molecule has 0 radical (unpaired) electrons. The van der Waals surface area contributed by atoms with E-state index in [0.717, 1.165) is 11.9 Å². The van der Waals surface area contributed by atoms with Crippen LogP contribution < -0.4 is 4.57 Å². The summed E-state index contributed by atoms with van der Waals surface area (Å²) in [6.07, 6.45) is 3.07. The Hall–Kier alpha value is -3.20. The van der Waals surface area contributed by atoms with E-state index in [1.54, 1.807) is 0 Å². The largest absolute Gasteiger partial charge is 0.302 e. The molecule has 3 aromatic heterocycles. The number of aromatic nitrogens is 3. The molecule has 0 aliphatic heterocycles. The van der Waals surface area contributed by atoms with Gasteiger partial charge in [-0.25, -0.2) is 4.57 Å². The van der Waals surface area contributed by atoms with E-state index in [2.05, 4.69) is 86.2 Å². The van der Waals surface area contributed by atoms with Gasteiger partial charge in [-0.2, -0.15) is 0 Å². The first-order valence-electron chi connectivity index (χ1n) is 10.8.